The maximum absolute atomic E-state index is 9.92. The van der Waals surface area contributed by atoms with Crippen LogP contribution in [0.4, 0.5) is 0 Å². The van der Waals surface area contributed by atoms with E-state index in [-0.39, 0.29) is 6.54 Å². The zero-order chi connectivity index (χ0) is 8.81. The molecule has 0 unspecified atom stereocenters. The third-order valence-corrected chi connectivity index (χ3v) is 1.58. The summed E-state index contributed by atoms with van der Waals surface area (Å²) < 4.78 is 0. The smallest absolute Gasteiger partial charge is 0.207 e. The van der Waals surface area contributed by atoms with E-state index in [4.69, 9.17) is 0 Å². The van der Waals surface area contributed by atoms with Crippen molar-refractivity contribution in [1.82, 2.24) is 5.32 Å². The lowest BCUT2D eigenvalue weighted by Gasteiger charge is -2.08. The average molecular weight is 165 g/mol. The molecule has 0 aromatic heterocycles. The molecule has 0 spiro atoms. The van der Waals surface area contributed by atoms with E-state index >= 15 is 0 Å². The second-order valence-corrected chi connectivity index (χ2v) is 2.45. The van der Waals surface area contributed by atoms with Crippen LogP contribution in [0.3, 0.4) is 0 Å². The predicted octanol–water partition coefficient (Wildman–Crippen LogP) is 0.466. The number of benzene rings is 1. The van der Waals surface area contributed by atoms with Crippen LogP contribution >= 0.6 is 0 Å². The largest absolute Gasteiger partial charge is 0.387 e. The molecule has 0 heterocycles. The molecule has 1 aromatic rings. The Balaban J connectivity index is 2.53. The van der Waals surface area contributed by atoms with Gasteiger partial charge in [0.05, 0.1) is 6.10 Å². The highest BCUT2D eigenvalue weighted by atomic mass is 16.3. The van der Waals surface area contributed by atoms with Crippen molar-refractivity contribution >= 4 is 6.41 Å². The SMILES string of the molecule is O=CNC[C@H](O)c1ccccc1. The number of amides is 1. The fourth-order valence-corrected chi connectivity index (χ4v) is 0.953. The second kappa shape index (κ2) is 4.51. The normalized spacial score (nSPS) is 12.1. The van der Waals surface area contributed by atoms with Crippen molar-refractivity contribution in [2.45, 2.75) is 6.10 Å². The highest BCUT2D eigenvalue weighted by Gasteiger charge is 2.04. The molecule has 1 amide bonds. The lowest BCUT2D eigenvalue weighted by Crippen LogP contribution is -2.19. The van der Waals surface area contributed by atoms with Crippen LogP contribution < -0.4 is 5.32 Å². The number of rotatable bonds is 4. The molecular formula is C9H11NO2. The van der Waals surface area contributed by atoms with E-state index in [1.807, 2.05) is 30.3 Å². The van der Waals surface area contributed by atoms with Crippen molar-refractivity contribution in [1.29, 1.82) is 0 Å². The number of aliphatic hydroxyl groups is 1. The van der Waals surface area contributed by atoms with Crippen LogP contribution in [0.15, 0.2) is 30.3 Å². The molecule has 0 saturated carbocycles. The Morgan fingerprint density at radius 1 is 1.42 bits per heavy atom. The van der Waals surface area contributed by atoms with Gasteiger partial charge in [0.1, 0.15) is 0 Å². The molecule has 2 N–H and O–H groups in total. The molecule has 3 heteroatoms. The van der Waals surface area contributed by atoms with Gasteiger partial charge >= 0.3 is 0 Å². The predicted molar refractivity (Wildman–Crippen MR) is 45.5 cm³/mol. The van der Waals surface area contributed by atoms with Gasteiger partial charge in [0.2, 0.25) is 6.41 Å². The second-order valence-electron chi connectivity index (χ2n) is 2.45. The van der Waals surface area contributed by atoms with Crippen molar-refractivity contribution in [3.63, 3.8) is 0 Å². The summed E-state index contributed by atoms with van der Waals surface area (Å²) in [5.41, 5.74) is 0.812. The Morgan fingerprint density at radius 2 is 2.08 bits per heavy atom. The molecule has 0 fully saturated rings. The summed E-state index contributed by atoms with van der Waals surface area (Å²) in [5, 5.41) is 11.8. The summed E-state index contributed by atoms with van der Waals surface area (Å²) in [4.78, 5) is 9.92. The summed E-state index contributed by atoms with van der Waals surface area (Å²) in [6.45, 7) is 0.257. The summed E-state index contributed by atoms with van der Waals surface area (Å²) >= 11 is 0. The van der Waals surface area contributed by atoms with Gasteiger partial charge < -0.3 is 10.4 Å². The van der Waals surface area contributed by atoms with Crippen LogP contribution in [0.1, 0.15) is 11.7 Å². The van der Waals surface area contributed by atoms with Gasteiger partial charge in [0.15, 0.2) is 0 Å². The summed E-state index contributed by atoms with van der Waals surface area (Å²) in [7, 11) is 0. The Bertz CT molecular complexity index is 236. The van der Waals surface area contributed by atoms with E-state index in [1.165, 1.54) is 0 Å². The van der Waals surface area contributed by atoms with Gasteiger partial charge in [0, 0.05) is 6.54 Å². The zero-order valence-electron chi connectivity index (χ0n) is 6.60. The maximum atomic E-state index is 9.92. The van der Waals surface area contributed by atoms with Gasteiger partial charge in [-0.25, -0.2) is 0 Å². The molecule has 3 nitrogen and oxygen atoms in total. The Kier molecular flexibility index (Phi) is 3.29. The number of carbonyl (C=O) groups excluding carboxylic acids is 1. The highest BCUT2D eigenvalue weighted by molar-refractivity contribution is 5.46. The zero-order valence-corrected chi connectivity index (χ0v) is 6.60. The van der Waals surface area contributed by atoms with Crippen LogP contribution in [0, 0.1) is 0 Å². The third kappa shape index (κ3) is 2.36. The van der Waals surface area contributed by atoms with Gasteiger partial charge in [-0.2, -0.15) is 0 Å². The molecule has 12 heavy (non-hydrogen) atoms. The van der Waals surface area contributed by atoms with Crippen molar-refractivity contribution in [2.75, 3.05) is 6.54 Å². The minimum Gasteiger partial charge on any atom is -0.387 e. The first-order valence-corrected chi connectivity index (χ1v) is 3.74. The molecule has 1 aromatic carbocycles. The standard InChI is InChI=1S/C9H11NO2/c11-7-10-6-9(12)8-4-2-1-3-5-8/h1-5,7,9,12H,6H2,(H,10,11)/t9-/m0/s1. The summed E-state index contributed by atoms with van der Waals surface area (Å²) in [6.07, 6.45) is -0.0389. The molecule has 0 aliphatic rings. The average Bonchev–Trinajstić information content (AvgIpc) is 2.15. The van der Waals surface area contributed by atoms with E-state index < -0.39 is 6.10 Å². The van der Waals surface area contributed by atoms with E-state index in [1.54, 1.807) is 0 Å². The number of nitrogens with one attached hydrogen (secondary N) is 1. The monoisotopic (exact) mass is 165 g/mol. The summed E-state index contributed by atoms with van der Waals surface area (Å²) in [5.74, 6) is 0. The van der Waals surface area contributed by atoms with Gasteiger partial charge in [-0.15, -0.1) is 0 Å². The minimum atomic E-state index is -0.614. The number of aliphatic hydroxyl groups excluding tert-OH is 1. The number of hydrogen-bond acceptors (Lipinski definition) is 2. The minimum absolute atomic E-state index is 0.257. The van der Waals surface area contributed by atoms with Gasteiger partial charge in [0.25, 0.3) is 0 Å². The lowest BCUT2D eigenvalue weighted by molar-refractivity contribution is -0.109. The van der Waals surface area contributed by atoms with Crippen molar-refractivity contribution in [3.8, 4) is 0 Å². The van der Waals surface area contributed by atoms with Gasteiger partial charge in [-0.1, -0.05) is 30.3 Å². The Hall–Kier alpha value is -1.35. The third-order valence-electron chi connectivity index (χ3n) is 1.58. The molecule has 0 saturated heterocycles. The molecule has 0 aliphatic heterocycles. The summed E-state index contributed by atoms with van der Waals surface area (Å²) in [6, 6.07) is 9.20. The van der Waals surface area contributed by atoms with Crippen LogP contribution in [0.5, 0.6) is 0 Å². The van der Waals surface area contributed by atoms with Gasteiger partial charge in [-0.3, -0.25) is 4.79 Å². The van der Waals surface area contributed by atoms with Crippen molar-refractivity contribution < 1.29 is 9.90 Å². The quantitative estimate of drug-likeness (QED) is 0.637. The Labute approximate surface area is 71.0 Å². The van der Waals surface area contributed by atoms with Crippen LogP contribution in [-0.4, -0.2) is 18.1 Å². The van der Waals surface area contributed by atoms with Crippen LogP contribution in [0.2, 0.25) is 0 Å². The van der Waals surface area contributed by atoms with Crippen LogP contribution in [0.25, 0.3) is 0 Å². The van der Waals surface area contributed by atoms with Gasteiger partial charge in [-0.05, 0) is 5.56 Å². The fraction of sp³-hybridized carbons (Fsp3) is 0.222. The van der Waals surface area contributed by atoms with Crippen molar-refractivity contribution in [2.24, 2.45) is 0 Å². The highest BCUT2D eigenvalue weighted by Crippen LogP contribution is 2.09. The number of hydrogen-bond donors (Lipinski definition) is 2. The van der Waals surface area contributed by atoms with E-state index in [0.717, 1.165) is 5.56 Å². The molecule has 0 radical (unpaired) electrons. The lowest BCUT2D eigenvalue weighted by atomic mass is 10.1. The first-order chi connectivity index (χ1) is 5.84. The van der Waals surface area contributed by atoms with Crippen molar-refractivity contribution in [3.05, 3.63) is 35.9 Å². The molecular weight excluding hydrogens is 154 g/mol. The van der Waals surface area contributed by atoms with E-state index in [0.29, 0.717) is 6.41 Å². The molecule has 0 aliphatic carbocycles. The molecule has 0 bridgehead atoms. The Morgan fingerprint density at radius 3 is 2.67 bits per heavy atom. The van der Waals surface area contributed by atoms with Crippen LogP contribution in [-0.2, 0) is 4.79 Å². The molecule has 1 rings (SSSR count). The molecule has 64 valence electrons. The maximum Gasteiger partial charge on any atom is 0.207 e. The van der Waals surface area contributed by atoms with E-state index in [2.05, 4.69) is 5.32 Å². The molecule has 1 atom stereocenters. The first-order valence-electron chi connectivity index (χ1n) is 3.74. The van der Waals surface area contributed by atoms with E-state index in [9.17, 15) is 9.90 Å². The fourth-order valence-electron chi connectivity index (χ4n) is 0.953. The first kappa shape index (κ1) is 8.74. The number of carbonyl (C=O) groups is 1. The topological polar surface area (TPSA) is 49.3 Å².